The van der Waals surface area contributed by atoms with E-state index in [4.69, 9.17) is 21.2 Å². The van der Waals surface area contributed by atoms with E-state index in [1.165, 1.54) is 0 Å². The zero-order chi connectivity index (χ0) is 14.5. The predicted octanol–water partition coefficient (Wildman–Crippen LogP) is 2.82. The molecular weight excluding hydrogens is 369 g/mol. The number of nitrogens with zero attached hydrogens (tertiary/aromatic N) is 1. The van der Waals surface area contributed by atoms with Crippen LogP contribution in [0.3, 0.4) is 0 Å². The Labute approximate surface area is 135 Å². The summed E-state index contributed by atoms with van der Waals surface area (Å²) in [5.74, 6) is 0.429. The van der Waals surface area contributed by atoms with Crippen molar-refractivity contribution in [3.05, 3.63) is 11.4 Å². The smallest absolute Gasteiger partial charge is 0.223 e. The van der Waals surface area contributed by atoms with Gasteiger partial charge in [-0.25, -0.2) is 6.57 Å². The summed E-state index contributed by atoms with van der Waals surface area (Å²) < 4.78 is 13.4. The largest absolute Gasteiger partial charge is 0.396 e. The average molecular weight is 393 g/mol. The van der Waals surface area contributed by atoms with E-state index in [2.05, 4.69) is 27.4 Å². The van der Waals surface area contributed by atoms with Gasteiger partial charge in [-0.3, -0.25) is 0 Å². The minimum atomic E-state index is 0.0436. The van der Waals surface area contributed by atoms with E-state index in [0.29, 0.717) is 5.92 Å². The topological polar surface area (TPSA) is 43.0 Å². The molecule has 2 heterocycles. The van der Waals surface area contributed by atoms with Gasteiger partial charge in [-0.05, 0) is 25.7 Å². The first-order chi connectivity index (χ1) is 9.69. The normalized spacial score (nSPS) is 38.2. The number of aliphatic hydroxyl groups is 1. The third-order valence-corrected chi connectivity index (χ3v) is 5.40. The Morgan fingerprint density at radius 1 is 1.40 bits per heavy atom. The first-order valence-electron chi connectivity index (χ1n) is 7.53. The number of hydrogen-bond acceptors (Lipinski definition) is 3. The van der Waals surface area contributed by atoms with Crippen LogP contribution in [-0.2, 0) is 9.47 Å². The van der Waals surface area contributed by atoms with Crippen molar-refractivity contribution in [2.45, 2.75) is 69.5 Å². The second-order valence-electron chi connectivity index (χ2n) is 5.91. The molecule has 20 heavy (non-hydrogen) atoms. The van der Waals surface area contributed by atoms with E-state index in [0.717, 1.165) is 36.5 Å². The predicted molar refractivity (Wildman–Crippen MR) is 85.9 cm³/mol. The van der Waals surface area contributed by atoms with Crippen molar-refractivity contribution in [3.63, 3.8) is 0 Å². The fourth-order valence-electron chi connectivity index (χ4n) is 3.32. The number of hydrogen-bond donors (Lipinski definition) is 1. The van der Waals surface area contributed by atoms with Crippen LogP contribution in [0.15, 0.2) is 0 Å². The molecule has 4 nitrogen and oxygen atoms in total. The first kappa shape index (κ1) is 16.5. The van der Waals surface area contributed by atoms with Gasteiger partial charge in [0.15, 0.2) is 0 Å². The van der Waals surface area contributed by atoms with Gasteiger partial charge >= 0.3 is 0 Å². The molecule has 0 radical (unpaired) electrons. The van der Waals surface area contributed by atoms with Crippen LogP contribution in [0.5, 0.6) is 0 Å². The summed E-state index contributed by atoms with van der Waals surface area (Å²) in [4.78, 5) is 3.57. The van der Waals surface area contributed by atoms with Crippen molar-refractivity contribution in [2.75, 3.05) is 11.0 Å². The summed E-state index contributed by atoms with van der Waals surface area (Å²) in [6, 6.07) is 0.0436. The molecule has 2 rings (SSSR count). The Morgan fingerprint density at radius 2 is 2.20 bits per heavy atom. The average Bonchev–Trinajstić information content (AvgIpc) is 2.81. The highest BCUT2D eigenvalue weighted by Crippen LogP contribution is 2.40. The summed E-state index contributed by atoms with van der Waals surface area (Å²) in [5, 5.41) is 9.00. The first-order valence-corrected chi connectivity index (χ1v) is 9.06. The molecular formula is C15H24INO3. The summed E-state index contributed by atoms with van der Waals surface area (Å²) in [5.41, 5.74) is 0. The van der Waals surface area contributed by atoms with Gasteiger partial charge in [0.05, 0.1) is 24.4 Å². The second-order valence-corrected chi connectivity index (χ2v) is 6.79. The highest BCUT2D eigenvalue weighted by Gasteiger charge is 2.47. The molecule has 5 heteroatoms. The van der Waals surface area contributed by atoms with Crippen LogP contribution in [0.1, 0.15) is 39.0 Å². The van der Waals surface area contributed by atoms with Crippen LogP contribution >= 0.6 is 22.6 Å². The molecule has 0 aromatic rings. The number of alkyl halides is 1. The fraction of sp³-hybridized carbons (Fsp3) is 0.933. The Bertz CT molecular complexity index is 347. The monoisotopic (exact) mass is 393 g/mol. The van der Waals surface area contributed by atoms with Gasteiger partial charge in [-0.15, -0.1) is 0 Å². The lowest BCUT2D eigenvalue weighted by atomic mass is 9.90. The zero-order valence-electron chi connectivity index (χ0n) is 12.0. The molecule has 114 valence electrons. The van der Waals surface area contributed by atoms with Crippen molar-refractivity contribution in [2.24, 2.45) is 5.92 Å². The minimum Gasteiger partial charge on any atom is -0.396 e. The van der Waals surface area contributed by atoms with Crippen LogP contribution in [-0.4, -0.2) is 46.6 Å². The van der Waals surface area contributed by atoms with Crippen molar-refractivity contribution in [3.8, 4) is 0 Å². The molecule has 0 bridgehead atoms. The number of halogens is 1. The summed E-state index contributed by atoms with van der Waals surface area (Å²) >= 11 is 2.41. The molecule has 0 aromatic heterocycles. The van der Waals surface area contributed by atoms with Crippen LogP contribution in [0.4, 0.5) is 0 Å². The zero-order valence-corrected chi connectivity index (χ0v) is 14.2. The van der Waals surface area contributed by atoms with Crippen molar-refractivity contribution in [1.82, 2.24) is 0 Å². The quantitative estimate of drug-likeness (QED) is 0.429. The van der Waals surface area contributed by atoms with Crippen LogP contribution < -0.4 is 0 Å². The lowest BCUT2D eigenvalue weighted by Crippen LogP contribution is -2.40. The number of rotatable bonds is 6. The summed E-state index contributed by atoms with van der Waals surface area (Å²) in [7, 11) is 0. The lowest BCUT2D eigenvalue weighted by Gasteiger charge is -2.33. The molecule has 0 amide bonds. The third-order valence-electron chi connectivity index (χ3n) is 4.39. The van der Waals surface area contributed by atoms with Gasteiger partial charge in [-0.2, -0.15) is 0 Å². The van der Waals surface area contributed by atoms with Gasteiger partial charge in [0.25, 0.3) is 0 Å². The van der Waals surface area contributed by atoms with Crippen LogP contribution in [0.25, 0.3) is 4.85 Å². The van der Waals surface area contributed by atoms with Gasteiger partial charge < -0.3 is 19.4 Å². The van der Waals surface area contributed by atoms with E-state index < -0.39 is 0 Å². The maximum atomic E-state index is 9.00. The minimum absolute atomic E-state index is 0.0436. The Kier molecular flexibility index (Phi) is 6.53. The van der Waals surface area contributed by atoms with Crippen molar-refractivity contribution >= 4 is 22.6 Å². The van der Waals surface area contributed by atoms with E-state index in [9.17, 15) is 0 Å². The Hall–Kier alpha value is 0.1000. The second kappa shape index (κ2) is 7.92. The Balaban J connectivity index is 1.93. The van der Waals surface area contributed by atoms with E-state index in [-0.39, 0.29) is 37.1 Å². The molecule has 0 aliphatic carbocycles. The highest BCUT2D eigenvalue weighted by molar-refractivity contribution is 14.1. The van der Waals surface area contributed by atoms with Gasteiger partial charge in [0.2, 0.25) is 6.04 Å². The molecule has 2 saturated heterocycles. The van der Waals surface area contributed by atoms with Gasteiger partial charge in [0, 0.05) is 30.3 Å². The molecule has 0 spiro atoms. The maximum absolute atomic E-state index is 9.00. The fourth-order valence-corrected chi connectivity index (χ4v) is 4.39. The molecule has 0 aromatic carbocycles. The summed E-state index contributed by atoms with van der Waals surface area (Å²) in [6.07, 6.45) is 5.45. The molecule has 1 unspecified atom stereocenters. The van der Waals surface area contributed by atoms with Crippen LogP contribution in [0.2, 0.25) is 0 Å². The number of aliphatic hydroxyl groups excluding tert-OH is 1. The van der Waals surface area contributed by atoms with Crippen LogP contribution in [0, 0.1) is 12.5 Å². The SMILES string of the molecule is [C-]#[N+][C@H](C)C[C@H]1CC[C@@H]2O[C@@H](CCCO)[C@@H](CI)C2O1. The van der Waals surface area contributed by atoms with Crippen molar-refractivity contribution in [1.29, 1.82) is 0 Å². The highest BCUT2D eigenvalue weighted by atomic mass is 127. The molecule has 2 fully saturated rings. The van der Waals surface area contributed by atoms with Crippen molar-refractivity contribution < 1.29 is 14.6 Å². The maximum Gasteiger partial charge on any atom is 0.223 e. The number of ether oxygens (including phenoxy) is 2. The van der Waals surface area contributed by atoms with E-state index in [1.54, 1.807) is 0 Å². The molecule has 2 aliphatic heterocycles. The third kappa shape index (κ3) is 3.85. The standard InChI is InChI=1S/C15H24INO3/c1-10(17-2)8-11-5-6-14-15(19-11)12(9-16)13(20-14)4-3-7-18/h10-15,18H,3-9H2,1H3/t10-,11-,12-,13+,14+,15?/m1/s1. The lowest BCUT2D eigenvalue weighted by molar-refractivity contribution is -0.106. The molecule has 2 aliphatic rings. The number of fused-ring (bicyclic) bond motifs is 1. The Morgan fingerprint density at radius 3 is 2.85 bits per heavy atom. The summed E-state index contributed by atoms with van der Waals surface area (Å²) in [6.45, 7) is 9.28. The molecule has 6 atom stereocenters. The van der Waals surface area contributed by atoms with E-state index >= 15 is 0 Å². The van der Waals surface area contributed by atoms with Gasteiger partial charge in [-0.1, -0.05) is 22.6 Å². The molecule has 1 N–H and O–H groups in total. The molecule has 0 saturated carbocycles. The van der Waals surface area contributed by atoms with E-state index in [1.807, 2.05) is 6.92 Å². The van der Waals surface area contributed by atoms with Gasteiger partial charge in [0.1, 0.15) is 0 Å².